The van der Waals surface area contributed by atoms with Gasteiger partial charge in [-0.25, -0.2) is 4.79 Å². The molecule has 0 bridgehead atoms. The second-order valence-electron chi connectivity index (χ2n) is 5.26. The van der Waals surface area contributed by atoms with Crippen LogP contribution in [0.1, 0.15) is 31.4 Å². The van der Waals surface area contributed by atoms with Crippen LogP contribution in [0.3, 0.4) is 0 Å². The zero-order chi connectivity index (χ0) is 17.8. The van der Waals surface area contributed by atoms with Crippen molar-refractivity contribution in [2.45, 2.75) is 26.9 Å². The molecule has 0 fully saturated rings. The highest BCUT2D eigenvalue weighted by atomic mass is 16.5. The molecular formula is C20H25NO3. The molecule has 4 nitrogen and oxygen atoms in total. The van der Waals surface area contributed by atoms with Gasteiger partial charge in [0, 0.05) is 5.57 Å². The number of carboxylic acid groups (broad SMARTS) is 1. The smallest absolute Gasteiger partial charge is 0.331 e. The zero-order valence-electron chi connectivity index (χ0n) is 14.2. The Kier molecular flexibility index (Phi) is 8.94. The second kappa shape index (κ2) is 11.0. The van der Waals surface area contributed by atoms with Gasteiger partial charge in [-0.15, -0.1) is 0 Å². The van der Waals surface area contributed by atoms with Crippen LogP contribution in [0.2, 0.25) is 0 Å². The molecule has 4 heteroatoms. The van der Waals surface area contributed by atoms with E-state index in [2.05, 4.69) is 6.92 Å². The first-order valence-corrected chi connectivity index (χ1v) is 7.95. The van der Waals surface area contributed by atoms with Gasteiger partial charge in [0.25, 0.3) is 0 Å². The fourth-order valence-corrected chi connectivity index (χ4v) is 1.71. The number of rotatable bonds is 6. The number of nitrogens with two attached hydrogens (primary N) is 1. The summed E-state index contributed by atoms with van der Waals surface area (Å²) < 4.78 is 5.66. The van der Waals surface area contributed by atoms with Crippen molar-refractivity contribution < 1.29 is 14.6 Å². The number of carboxylic acids is 1. The van der Waals surface area contributed by atoms with Crippen LogP contribution < -0.4 is 10.5 Å². The minimum Gasteiger partial charge on any atom is -0.489 e. The van der Waals surface area contributed by atoms with Crippen LogP contribution in [0.15, 0.2) is 60.2 Å². The van der Waals surface area contributed by atoms with E-state index in [4.69, 9.17) is 15.6 Å². The maximum atomic E-state index is 10.7. The normalized spacial score (nSPS) is 10.5. The summed E-state index contributed by atoms with van der Waals surface area (Å²) in [6.07, 6.45) is 2.73. The number of hydrogen-bond donors (Lipinski definition) is 2. The second-order valence-corrected chi connectivity index (χ2v) is 5.26. The molecule has 0 atom stereocenters. The number of aliphatic carboxylic acids is 1. The third-order valence-corrected chi connectivity index (χ3v) is 3.14. The minimum absolute atomic E-state index is 0.308. The molecule has 128 valence electrons. The molecule has 0 aliphatic rings. The van der Waals surface area contributed by atoms with E-state index in [1.165, 1.54) is 0 Å². The lowest BCUT2D eigenvalue weighted by Gasteiger charge is -2.06. The summed E-state index contributed by atoms with van der Waals surface area (Å²) in [7, 11) is 0. The average Bonchev–Trinajstić information content (AvgIpc) is 2.62. The van der Waals surface area contributed by atoms with Crippen molar-refractivity contribution in [3.8, 4) is 5.75 Å². The van der Waals surface area contributed by atoms with E-state index in [9.17, 15) is 4.79 Å². The van der Waals surface area contributed by atoms with Gasteiger partial charge in [-0.2, -0.15) is 0 Å². The SMILES string of the molecule is CC(=Cc1ccc(OCc2ccccc2)cc1)C(=O)O.CCCN. The molecule has 0 radical (unpaired) electrons. The molecule has 24 heavy (non-hydrogen) atoms. The Morgan fingerprint density at radius 1 is 1.12 bits per heavy atom. The lowest BCUT2D eigenvalue weighted by molar-refractivity contribution is -0.132. The van der Waals surface area contributed by atoms with E-state index in [0.717, 1.165) is 29.8 Å². The van der Waals surface area contributed by atoms with Crippen molar-refractivity contribution >= 4 is 12.0 Å². The summed E-state index contributed by atoms with van der Waals surface area (Å²) >= 11 is 0. The molecule has 0 saturated heterocycles. The molecule has 2 aromatic rings. The molecule has 0 aliphatic heterocycles. The van der Waals surface area contributed by atoms with Crippen LogP contribution in [0.5, 0.6) is 5.75 Å². The molecule has 0 amide bonds. The Hall–Kier alpha value is -2.59. The van der Waals surface area contributed by atoms with Gasteiger partial charge in [0.1, 0.15) is 12.4 Å². The Bertz CT molecular complexity index is 632. The molecule has 2 aromatic carbocycles. The Balaban J connectivity index is 0.000000648. The van der Waals surface area contributed by atoms with Gasteiger partial charge in [0.05, 0.1) is 0 Å². The molecule has 0 saturated carbocycles. The average molecular weight is 327 g/mol. The van der Waals surface area contributed by atoms with Crippen molar-refractivity contribution in [1.29, 1.82) is 0 Å². The first-order valence-electron chi connectivity index (χ1n) is 7.95. The van der Waals surface area contributed by atoms with Crippen LogP contribution in [-0.2, 0) is 11.4 Å². The lowest BCUT2D eigenvalue weighted by atomic mass is 10.1. The minimum atomic E-state index is -0.908. The van der Waals surface area contributed by atoms with Crippen LogP contribution in [0, 0.1) is 0 Å². The number of benzene rings is 2. The fraction of sp³-hybridized carbons (Fsp3) is 0.250. The molecule has 2 rings (SSSR count). The molecule has 3 N–H and O–H groups in total. The van der Waals surface area contributed by atoms with Gasteiger partial charge in [-0.1, -0.05) is 49.4 Å². The first kappa shape index (κ1) is 19.5. The highest BCUT2D eigenvalue weighted by Gasteiger charge is 2.00. The third-order valence-electron chi connectivity index (χ3n) is 3.14. The lowest BCUT2D eigenvalue weighted by Crippen LogP contribution is -1.96. The predicted octanol–water partition coefficient (Wildman–Crippen LogP) is 4.11. The van der Waals surface area contributed by atoms with E-state index in [0.29, 0.717) is 12.2 Å². The monoisotopic (exact) mass is 327 g/mol. The Morgan fingerprint density at radius 2 is 1.71 bits per heavy atom. The van der Waals surface area contributed by atoms with Crippen molar-refractivity contribution in [1.82, 2.24) is 0 Å². The van der Waals surface area contributed by atoms with Crippen LogP contribution in [0.4, 0.5) is 0 Å². The molecule has 0 heterocycles. The zero-order valence-corrected chi connectivity index (χ0v) is 14.2. The van der Waals surface area contributed by atoms with Crippen LogP contribution >= 0.6 is 0 Å². The van der Waals surface area contributed by atoms with E-state index in [-0.39, 0.29) is 0 Å². The van der Waals surface area contributed by atoms with Gasteiger partial charge in [-0.05, 0) is 49.2 Å². The molecule has 0 unspecified atom stereocenters. The Labute approximate surface area is 143 Å². The molecule has 0 spiro atoms. The largest absolute Gasteiger partial charge is 0.489 e. The predicted molar refractivity (Wildman–Crippen MR) is 97.8 cm³/mol. The van der Waals surface area contributed by atoms with Crippen LogP contribution in [0.25, 0.3) is 6.08 Å². The highest BCUT2D eigenvalue weighted by Crippen LogP contribution is 2.16. The van der Waals surface area contributed by atoms with Crippen molar-refractivity contribution in [2.24, 2.45) is 5.73 Å². The number of ether oxygens (including phenoxy) is 1. The van der Waals surface area contributed by atoms with Crippen molar-refractivity contribution in [3.05, 3.63) is 71.3 Å². The van der Waals surface area contributed by atoms with Crippen molar-refractivity contribution in [3.63, 3.8) is 0 Å². The maximum Gasteiger partial charge on any atom is 0.331 e. The summed E-state index contributed by atoms with van der Waals surface area (Å²) in [6.45, 7) is 4.96. The van der Waals surface area contributed by atoms with E-state index in [1.807, 2.05) is 54.6 Å². The Morgan fingerprint density at radius 3 is 2.21 bits per heavy atom. The number of hydrogen-bond acceptors (Lipinski definition) is 3. The summed E-state index contributed by atoms with van der Waals surface area (Å²) in [5.74, 6) is -0.145. The summed E-state index contributed by atoms with van der Waals surface area (Å²) in [4.78, 5) is 10.7. The van der Waals surface area contributed by atoms with Gasteiger partial charge < -0.3 is 15.6 Å². The van der Waals surface area contributed by atoms with E-state index in [1.54, 1.807) is 13.0 Å². The van der Waals surface area contributed by atoms with E-state index >= 15 is 0 Å². The fourth-order valence-electron chi connectivity index (χ4n) is 1.71. The number of carbonyl (C=O) groups is 1. The first-order chi connectivity index (χ1) is 11.6. The molecule has 0 aromatic heterocycles. The summed E-state index contributed by atoms with van der Waals surface area (Å²) in [5, 5.41) is 8.82. The van der Waals surface area contributed by atoms with Crippen LogP contribution in [-0.4, -0.2) is 17.6 Å². The van der Waals surface area contributed by atoms with Gasteiger partial charge >= 0.3 is 5.97 Å². The maximum absolute atomic E-state index is 10.7. The van der Waals surface area contributed by atoms with Gasteiger partial charge in [0.2, 0.25) is 0 Å². The molecular weight excluding hydrogens is 302 g/mol. The van der Waals surface area contributed by atoms with Gasteiger partial charge in [-0.3, -0.25) is 0 Å². The standard InChI is InChI=1S/C17H16O3.C3H9N/c1-13(17(18)19)11-14-7-9-16(10-8-14)20-12-15-5-3-2-4-6-15;1-2-3-4/h2-11H,12H2,1H3,(H,18,19);2-4H2,1H3. The van der Waals surface area contributed by atoms with Crippen molar-refractivity contribution in [2.75, 3.05) is 6.54 Å². The highest BCUT2D eigenvalue weighted by molar-refractivity contribution is 5.91. The topological polar surface area (TPSA) is 72.5 Å². The van der Waals surface area contributed by atoms with Gasteiger partial charge in [0.15, 0.2) is 0 Å². The van der Waals surface area contributed by atoms with E-state index < -0.39 is 5.97 Å². The summed E-state index contributed by atoms with van der Waals surface area (Å²) in [6, 6.07) is 17.3. The third kappa shape index (κ3) is 7.61. The molecule has 0 aliphatic carbocycles. The summed E-state index contributed by atoms with van der Waals surface area (Å²) in [5.41, 5.74) is 7.29. The quantitative estimate of drug-likeness (QED) is 0.783.